The molecule has 0 aliphatic heterocycles. The molecule has 0 amide bonds. The van der Waals surface area contributed by atoms with Gasteiger partial charge in [-0.15, -0.1) is 0 Å². The number of rotatable bonds is 0. The monoisotopic (exact) mass is 80.1 g/mol. The van der Waals surface area contributed by atoms with Gasteiger partial charge in [-0.05, 0) is 0 Å². The van der Waals surface area contributed by atoms with Crippen LogP contribution in [0.1, 0.15) is 0 Å². The molecule has 0 nitrogen and oxygen atoms in total. The smallest absolute Gasteiger partial charge is 0.0715 e. The van der Waals surface area contributed by atoms with Gasteiger partial charge in [-0.1, -0.05) is 19.6 Å². The van der Waals surface area contributed by atoms with E-state index in [2.05, 4.69) is 19.6 Å². The van der Waals surface area contributed by atoms with Gasteiger partial charge in [-0.25, -0.2) is 0 Å². The molecule has 0 saturated carbocycles. The van der Waals surface area contributed by atoms with Crippen molar-refractivity contribution < 1.29 is 18.9 Å². The predicted molar refractivity (Wildman–Crippen MR) is 23.3 cm³/mol. The van der Waals surface area contributed by atoms with Gasteiger partial charge in [0.05, 0.1) is 0 Å². The van der Waals surface area contributed by atoms with Crippen LogP contribution in [0.2, 0.25) is 19.6 Å². The minimum Gasteiger partial charge on any atom is -0.0715 e. The van der Waals surface area contributed by atoms with Gasteiger partial charge < -0.3 is 0 Å². The van der Waals surface area contributed by atoms with Gasteiger partial charge in [-0.2, -0.15) is 0 Å². The van der Waals surface area contributed by atoms with Crippen LogP contribution in [0.3, 0.4) is 0 Å². The van der Waals surface area contributed by atoms with Crippen LogP contribution in [0.15, 0.2) is 0 Å². The largest absolute Gasteiger partial charge is 1.00 e. The number of hydrogen-bond donors (Lipinski definition) is 0. The normalized spacial score (nSPS) is 7.20. The molecular weight excluding hydrogens is 71.1 g/mol. The standard InChI is InChI=1S/C3H9Si.Li/c1-4(2)3;/h1-3H3;/q;+1. The summed E-state index contributed by atoms with van der Waals surface area (Å²) >= 11 is 0. The van der Waals surface area contributed by atoms with Crippen molar-refractivity contribution in [3.8, 4) is 0 Å². The Morgan fingerprint density at radius 1 is 1.00 bits per heavy atom. The van der Waals surface area contributed by atoms with Crippen molar-refractivity contribution in [3.05, 3.63) is 0 Å². The van der Waals surface area contributed by atoms with Crippen LogP contribution >= 0.6 is 0 Å². The summed E-state index contributed by atoms with van der Waals surface area (Å²) in [7, 11) is 0.120. The minimum atomic E-state index is 0. The molecule has 0 spiro atoms. The summed E-state index contributed by atoms with van der Waals surface area (Å²) in [6.45, 7) is 6.81. The van der Waals surface area contributed by atoms with Crippen LogP contribution < -0.4 is 18.9 Å². The second-order valence-electron chi connectivity index (χ2n) is 1.50. The molecule has 0 unspecified atom stereocenters. The minimum absolute atomic E-state index is 0. The number of hydrogen-bond acceptors (Lipinski definition) is 0. The van der Waals surface area contributed by atoms with E-state index in [0.717, 1.165) is 0 Å². The van der Waals surface area contributed by atoms with E-state index in [1.54, 1.807) is 0 Å². The van der Waals surface area contributed by atoms with E-state index in [1.165, 1.54) is 0 Å². The van der Waals surface area contributed by atoms with Crippen molar-refractivity contribution in [2.24, 2.45) is 0 Å². The van der Waals surface area contributed by atoms with Crippen LogP contribution in [0.5, 0.6) is 0 Å². The van der Waals surface area contributed by atoms with Crippen molar-refractivity contribution in [1.82, 2.24) is 0 Å². The maximum atomic E-state index is 2.27. The molecule has 0 N–H and O–H groups in total. The topological polar surface area (TPSA) is 0 Å². The Balaban J connectivity index is 0. The van der Waals surface area contributed by atoms with E-state index in [0.29, 0.717) is 0 Å². The summed E-state index contributed by atoms with van der Waals surface area (Å²) in [6.07, 6.45) is 0. The Morgan fingerprint density at radius 2 is 1.00 bits per heavy atom. The van der Waals surface area contributed by atoms with Crippen molar-refractivity contribution in [3.63, 3.8) is 0 Å². The molecule has 0 aromatic carbocycles. The Hall–Kier alpha value is 0.814. The van der Waals surface area contributed by atoms with Gasteiger partial charge in [0.1, 0.15) is 0 Å². The second kappa shape index (κ2) is 4.81. The van der Waals surface area contributed by atoms with Crippen molar-refractivity contribution >= 4 is 8.80 Å². The van der Waals surface area contributed by atoms with Crippen LogP contribution in [-0.4, -0.2) is 8.80 Å². The third-order valence-corrected chi connectivity index (χ3v) is 0. The first-order valence-electron chi connectivity index (χ1n) is 1.50. The van der Waals surface area contributed by atoms with Crippen molar-refractivity contribution in [2.45, 2.75) is 19.6 Å². The second-order valence-corrected chi connectivity index (χ2v) is 4.50. The summed E-state index contributed by atoms with van der Waals surface area (Å²) in [5.74, 6) is 0. The van der Waals surface area contributed by atoms with E-state index in [9.17, 15) is 0 Å². The maximum absolute atomic E-state index is 2.27. The summed E-state index contributed by atoms with van der Waals surface area (Å²) in [6, 6.07) is 0. The first kappa shape index (κ1) is 9.26. The third kappa shape index (κ3) is 57.5. The molecule has 0 rings (SSSR count). The first-order valence-corrected chi connectivity index (χ1v) is 4.50. The van der Waals surface area contributed by atoms with Crippen molar-refractivity contribution in [2.75, 3.05) is 0 Å². The molecule has 0 atom stereocenters. The average molecular weight is 80.1 g/mol. The van der Waals surface area contributed by atoms with Gasteiger partial charge in [0, 0.05) is 8.80 Å². The zero-order valence-corrected chi connectivity index (χ0v) is 5.50. The Morgan fingerprint density at radius 3 is 1.00 bits per heavy atom. The van der Waals surface area contributed by atoms with Gasteiger partial charge in [0.25, 0.3) is 0 Å². The molecule has 0 aromatic heterocycles. The molecule has 25 valence electrons. The third-order valence-electron chi connectivity index (χ3n) is 0. The molecule has 0 aromatic rings. The van der Waals surface area contributed by atoms with E-state index < -0.39 is 0 Å². The maximum Gasteiger partial charge on any atom is 1.00 e. The molecular formula is C3H9LiSi+. The predicted octanol–water partition coefficient (Wildman–Crippen LogP) is -1.63. The quantitative estimate of drug-likeness (QED) is 0.307. The fourth-order valence-electron chi connectivity index (χ4n) is 0. The summed E-state index contributed by atoms with van der Waals surface area (Å²) in [4.78, 5) is 0. The summed E-state index contributed by atoms with van der Waals surface area (Å²) in [5, 5.41) is 0. The first-order chi connectivity index (χ1) is 1.73. The molecule has 2 heteroatoms. The zero-order valence-electron chi connectivity index (χ0n) is 4.50. The van der Waals surface area contributed by atoms with Gasteiger partial charge in [-0.3, -0.25) is 0 Å². The van der Waals surface area contributed by atoms with E-state index in [4.69, 9.17) is 0 Å². The fraction of sp³-hybridized carbons (Fsp3) is 1.00. The van der Waals surface area contributed by atoms with Gasteiger partial charge in [0.2, 0.25) is 0 Å². The molecule has 0 aliphatic carbocycles. The van der Waals surface area contributed by atoms with Crippen LogP contribution in [0.25, 0.3) is 0 Å². The van der Waals surface area contributed by atoms with Crippen molar-refractivity contribution in [1.29, 1.82) is 0 Å². The van der Waals surface area contributed by atoms with E-state index in [1.807, 2.05) is 0 Å². The van der Waals surface area contributed by atoms with Crippen LogP contribution in [-0.2, 0) is 0 Å². The van der Waals surface area contributed by atoms with E-state index >= 15 is 0 Å². The molecule has 0 saturated heterocycles. The molecule has 0 heterocycles. The van der Waals surface area contributed by atoms with Gasteiger partial charge in [0.15, 0.2) is 0 Å². The van der Waals surface area contributed by atoms with E-state index in [-0.39, 0.29) is 27.7 Å². The van der Waals surface area contributed by atoms with Crippen LogP contribution in [0, 0.1) is 0 Å². The Bertz CT molecular complexity index is 11.6. The van der Waals surface area contributed by atoms with Gasteiger partial charge >= 0.3 is 18.9 Å². The Kier molecular flexibility index (Phi) is 8.92. The summed E-state index contributed by atoms with van der Waals surface area (Å²) < 4.78 is 0. The molecule has 5 heavy (non-hydrogen) atoms. The molecule has 0 bridgehead atoms. The molecule has 0 aliphatic rings. The molecule has 1 radical (unpaired) electrons. The SMILES string of the molecule is C[Si](C)C.[Li+]. The fourth-order valence-corrected chi connectivity index (χ4v) is 0. The average Bonchev–Trinajstić information content (AvgIpc) is 0.811. The zero-order chi connectivity index (χ0) is 3.58. The summed E-state index contributed by atoms with van der Waals surface area (Å²) in [5.41, 5.74) is 0. The van der Waals surface area contributed by atoms with Crippen LogP contribution in [0.4, 0.5) is 0 Å². The Labute approximate surface area is 47.7 Å². The molecule has 0 fully saturated rings.